The molecule has 3 aromatic heterocycles. The second kappa shape index (κ2) is 9.83. The van der Waals surface area contributed by atoms with Gasteiger partial charge in [-0.15, -0.1) is 0 Å². The fourth-order valence-corrected chi connectivity index (χ4v) is 6.08. The lowest BCUT2D eigenvalue weighted by Gasteiger charge is -2.34. The SMILES string of the molecule is CC1CCC(Cn2c(C3(O)CCOCC3)nc3nc(-c4noc(=O)[nH]4)nc(N[C@H](C)C4CCC4)c32)CC1. The standard InChI is InChI=1S/C26H37N7O4/c1-15-6-8-17(9-7-15)14-33-19-20(27-16(2)18-4-3-5-18)28-22(23-31-25(34)37-32-23)29-21(19)30-24(33)26(35)10-12-36-13-11-26/h15-18,35H,3-14H2,1-2H3,(H,27,28,29)(H,31,32,34)/t15?,16-,17?/m1/s1. The topological polar surface area (TPSA) is 144 Å². The summed E-state index contributed by atoms with van der Waals surface area (Å²) in [6, 6.07) is 0.213. The van der Waals surface area contributed by atoms with Crippen LogP contribution in [0.5, 0.6) is 0 Å². The third kappa shape index (κ3) is 4.79. The Morgan fingerprint density at radius 2 is 1.89 bits per heavy atom. The number of aliphatic hydroxyl groups is 1. The molecule has 0 unspecified atom stereocenters. The molecule has 2 saturated carbocycles. The quantitative estimate of drug-likeness (QED) is 0.433. The van der Waals surface area contributed by atoms with Gasteiger partial charge in [0, 0.05) is 38.6 Å². The van der Waals surface area contributed by atoms with E-state index in [9.17, 15) is 9.90 Å². The minimum absolute atomic E-state index is 0.161. The van der Waals surface area contributed by atoms with Crippen molar-refractivity contribution in [1.82, 2.24) is 29.7 Å². The van der Waals surface area contributed by atoms with Crippen LogP contribution < -0.4 is 11.1 Å². The molecule has 2 aliphatic carbocycles. The number of aromatic nitrogens is 6. The van der Waals surface area contributed by atoms with E-state index in [2.05, 4.69) is 33.9 Å². The van der Waals surface area contributed by atoms with Gasteiger partial charge >= 0.3 is 5.76 Å². The molecule has 6 rings (SSSR count). The minimum Gasteiger partial charge on any atom is -0.382 e. The van der Waals surface area contributed by atoms with Gasteiger partial charge in [0.2, 0.25) is 11.6 Å². The van der Waals surface area contributed by atoms with Gasteiger partial charge in [-0.3, -0.25) is 9.51 Å². The molecule has 11 nitrogen and oxygen atoms in total. The Morgan fingerprint density at radius 1 is 1.14 bits per heavy atom. The van der Waals surface area contributed by atoms with Gasteiger partial charge < -0.3 is 19.7 Å². The van der Waals surface area contributed by atoms with E-state index in [0.29, 0.717) is 55.2 Å². The van der Waals surface area contributed by atoms with E-state index in [0.717, 1.165) is 30.8 Å². The highest BCUT2D eigenvalue weighted by molar-refractivity contribution is 5.86. The van der Waals surface area contributed by atoms with Crippen molar-refractivity contribution >= 4 is 17.0 Å². The maximum atomic E-state index is 11.8. The van der Waals surface area contributed by atoms with Crippen LogP contribution in [0.2, 0.25) is 0 Å². The molecule has 200 valence electrons. The zero-order valence-electron chi connectivity index (χ0n) is 21.7. The van der Waals surface area contributed by atoms with Crippen LogP contribution >= 0.6 is 0 Å². The Balaban J connectivity index is 1.49. The molecule has 3 fully saturated rings. The van der Waals surface area contributed by atoms with E-state index in [1.807, 2.05) is 0 Å². The summed E-state index contributed by atoms with van der Waals surface area (Å²) in [7, 11) is 0. The van der Waals surface area contributed by atoms with Gasteiger partial charge in [0.1, 0.15) is 16.9 Å². The van der Waals surface area contributed by atoms with Crippen LogP contribution in [0.4, 0.5) is 5.82 Å². The molecule has 3 aromatic rings. The van der Waals surface area contributed by atoms with E-state index in [4.69, 9.17) is 24.2 Å². The first-order chi connectivity index (χ1) is 17.9. The number of anilines is 1. The first kappa shape index (κ1) is 24.5. The molecule has 0 amide bonds. The summed E-state index contributed by atoms with van der Waals surface area (Å²) in [5, 5.41) is 19.2. The van der Waals surface area contributed by atoms with Gasteiger partial charge in [0.05, 0.1) is 0 Å². The van der Waals surface area contributed by atoms with E-state index in [-0.39, 0.29) is 17.7 Å². The average Bonchev–Trinajstić information content (AvgIpc) is 3.44. The van der Waals surface area contributed by atoms with Crippen molar-refractivity contribution in [2.24, 2.45) is 17.8 Å². The second-order valence-corrected chi connectivity index (χ2v) is 11.5. The first-order valence-corrected chi connectivity index (χ1v) is 13.8. The minimum atomic E-state index is -1.10. The molecule has 1 saturated heterocycles. The van der Waals surface area contributed by atoms with Crippen LogP contribution in [-0.4, -0.2) is 54.0 Å². The van der Waals surface area contributed by atoms with Crippen molar-refractivity contribution in [2.45, 2.75) is 89.8 Å². The van der Waals surface area contributed by atoms with E-state index in [1.165, 1.54) is 32.1 Å². The number of hydrogen-bond donors (Lipinski definition) is 3. The van der Waals surface area contributed by atoms with Gasteiger partial charge in [0.15, 0.2) is 11.5 Å². The molecule has 0 aromatic carbocycles. The summed E-state index contributed by atoms with van der Waals surface area (Å²) in [5.41, 5.74) is 0.186. The molecule has 4 heterocycles. The Labute approximate surface area is 215 Å². The maximum Gasteiger partial charge on any atom is 0.439 e. The largest absolute Gasteiger partial charge is 0.439 e. The molecular formula is C26H37N7O4. The van der Waals surface area contributed by atoms with Crippen LogP contribution in [0.15, 0.2) is 9.32 Å². The fourth-order valence-electron chi connectivity index (χ4n) is 6.08. The number of fused-ring (bicyclic) bond motifs is 1. The van der Waals surface area contributed by atoms with E-state index >= 15 is 0 Å². The number of rotatable bonds is 7. The van der Waals surface area contributed by atoms with E-state index in [1.54, 1.807) is 0 Å². The van der Waals surface area contributed by atoms with E-state index < -0.39 is 11.4 Å². The molecular weight excluding hydrogens is 474 g/mol. The predicted octanol–water partition coefficient (Wildman–Crippen LogP) is 3.59. The highest BCUT2D eigenvalue weighted by Crippen LogP contribution is 2.39. The van der Waals surface area contributed by atoms with Gasteiger partial charge in [-0.25, -0.2) is 19.7 Å². The van der Waals surface area contributed by atoms with Gasteiger partial charge in [-0.2, -0.15) is 0 Å². The maximum absolute atomic E-state index is 11.8. The van der Waals surface area contributed by atoms with Gasteiger partial charge in [-0.1, -0.05) is 31.3 Å². The van der Waals surface area contributed by atoms with Crippen molar-refractivity contribution in [3.8, 4) is 11.6 Å². The Morgan fingerprint density at radius 3 is 2.54 bits per heavy atom. The highest BCUT2D eigenvalue weighted by Gasteiger charge is 2.39. The number of H-pyrrole nitrogens is 1. The lowest BCUT2D eigenvalue weighted by Crippen LogP contribution is -2.37. The molecule has 37 heavy (non-hydrogen) atoms. The molecule has 11 heteroatoms. The number of imidazole rings is 1. The zero-order valence-corrected chi connectivity index (χ0v) is 21.7. The van der Waals surface area contributed by atoms with Crippen molar-refractivity contribution in [3.63, 3.8) is 0 Å². The van der Waals surface area contributed by atoms with Crippen molar-refractivity contribution < 1.29 is 14.4 Å². The summed E-state index contributed by atoms with van der Waals surface area (Å²) in [6.07, 6.45) is 9.34. The number of nitrogens with one attached hydrogen (secondary N) is 2. The molecule has 3 aliphatic rings. The summed E-state index contributed by atoms with van der Waals surface area (Å²) >= 11 is 0. The molecule has 0 spiro atoms. The summed E-state index contributed by atoms with van der Waals surface area (Å²) < 4.78 is 12.5. The lowest BCUT2D eigenvalue weighted by molar-refractivity contribution is -0.0753. The molecule has 1 aliphatic heterocycles. The summed E-state index contributed by atoms with van der Waals surface area (Å²) in [5.74, 6) is 2.86. The Hall–Kier alpha value is -2.79. The van der Waals surface area contributed by atoms with Crippen LogP contribution in [0.1, 0.15) is 77.5 Å². The van der Waals surface area contributed by atoms with Crippen LogP contribution in [0, 0.1) is 17.8 Å². The smallest absolute Gasteiger partial charge is 0.382 e. The fraction of sp³-hybridized carbons (Fsp3) is 0.731. The molecule has 0 bridgehead atoms. The van der Waals surface area contributed by atoms with Crippen LogP contribution in [-0.2, 0) is 16.9 Å². The summed E-state index contributed by atoms with van der Waals surface area (Å²) in [6.45, 7) is 6.25. The number of nitrogens with zero attached hydrogens (tertiary/aromatic N) is 5. The first-order valence-electron chi connectivity index (χ1n) is 13.8. The highest BCUT2D eigenvalue weighted by atomic mass is 16.5. The third-order valence-corrected chi connectivity index (χ3v) is 8.79. The predicted molar refractivity (Wildman–Crippen MR) is 137 cm³/mol. The average molecular weight is 512 g/mol. The molecule has 1 atom stereocenters. The van der Waals surface area contributed by atoms with Gasteiger partial charge in [-0.05, 0) is 50.4 Å². The summed E-state index contributed by atoms with van der Waals surface area (Å²) in [4.78, 5) is 28.7. The zero-order chi connectivity index (χ0) is 25.6. The second-order valence-electron chi connectivity index (χ2n) is 11.5. The third-order valence-electron chi connectivity index (χ3n) is 8.79. The lowest BCUT2D eigenvalue weighted by atomic mass is 9.80. The normalized spacial score (nSPS) is 25.2. The molecule has 0 radical (unpaired) electrons. The van der Waals surface area contributed by atoms with Crippen molar-refractivity contribution in [3.05, 3.63) is 16.4 Å². The number of ether oxygens (including phenoxy) is 1. The van der Waals surface area contributed by atoms with Crippen LogP contribution in [0.3, 0.4) is 0 Å². The number of hydrogen-bond acceptors (Lipinski definition) is 9. The van der Waals surface area contributed by atoms with Crippen molar-refractivity contribution in [2.75, 3.05) is 18.5 Å². The number of aromatic amines is 1. The monoisotopic (exact) mass is 511 g/mol. The molecule has 3 N–H and O–H groups in total. The Kier molecular flexibility index (Phi) is 6.52. The Bertz CT molecular complexity index is 1300. The van der Waals surface area contributed by atoms with Crippen LogP contribution in [0.25, 0.3) is 22.8 Å². The van der Waals surface area contributed by atoms with Gasteiger partial charge in [0.25, 0.3) is 0 Å². The van der Waals surface area contributed by atoms with Crippen molar-refractivity contribution in [1.29, 1.82) is 0 Å².